The molecule has 2 aromatic carbocycles. The Balaban J connectivity index is 1.75. The van der Waals surface area contributed by atoms with Crippen LogP contribution in [0.5, 0.6) is 11.5 Å². The van der Waals surface area contributed by atoms with Crippen molar-refractivity contribution in [3.8, 4) is 28.4 Å². The largest absolute Gasteiger partial charge is 0.508 e. The lowest BCUT2D eigenvalue weighted by Crippen LogP contribution is -1.99. The summed E-state index contributed by atoms with van der Waals surface area (Å²) in [5, 5.41) is 23.7. The van der Waals surface area contributed by atoms with Crippen LogP contribution in [-0.4, -0.2) is 25.0 Å². The molecule has 0 amide bonds. The van der Waals surface area contributed by atoms with Gasteiger partial charge in [-0.1, -0.05) is 12.1 Å². The molecule has 0 unspecified atom stereocenters. The summed E-state index contributed by atoms with van der Waals surface area (Å²) in [6, 6.07) is 13.1. The minimum Gasteiger partial charge on any atom is -0.508 e. The maximum absolute atomic E-state index is 13.4. The van der Waals surface area contributed by atoms with Crippen molar-refractivity contribution in [3.05, 3.63) is 66.7 Å². The van der Waals surface area contributed by atoms with Gasteiger partial charge in [-0.05, 0) is 35.9 Å². The minimum atomic E-state index is -0.683. The summed E-state index contributed by atoms with van der Waals surface area (Å²) in [6.45, 7) is 0. The van der Waals surface area contributed by atoms with Crippen molar-refractivity contribution in [2.24, 2.45) is 0 Å². The number of halogens is 1. The third-order valence-electron chi connectivity index (χ3n) is 3.80. The van der Waals surface area contributed by atoms with Gasteiger partial charge in [0.05, 0.1) is 11.7 Å². The van der Waals surface area contributed by atoms with Crippen molar-refractivity contribution >= 4 is 10.9 Å². The Hall–Kier alpha value is -3.41. The molecule has 2 N–H and O–H groups in total. The van der Waals surface area contributed by atoms with Crippen LogP contribution in [0.3, 0.4) is 0 Å². The van der Waals surface area contributed by atoms with Gasteiger partial charge in [-0.15, -0.1) is 0 Å². The van der Waals surface area contributed by atoms with Crippen molar-refractivity contribution < 1.29 is 14.6 Å². The second kappa shape index (κ2) is 5.34. The second-order valence-electron chi connectivity index (χ2n) is 5.37. The normalized spacial score (nSPS) is 11.0. The first-order valence-corrected chi connectivity index (χ1v) is 7.24. The van der Waals surface area contributed by atoms with Gasteiger partial charge in [0.15, 0.2) is 17.4 Å². The lowest BCUT2D eigenvalue weighted by Gasteiger charge is -2.06. The molecule has 2 heterocycles. The van der Waals surface area contributed by atoms with Crippen molar-refractivity contribution in [2.75, 3.05) is 0 Å². The third kappa shape index (κ3) is 2.34. The highest BCUT2D eigenvalue weighted by molar-refractivity contribution is 5.81. The summed E-state index contributed by atoms with van der Waals surface area (Å²) in [5.41, 5.74) is 2.39. The molecule has 0 atom stereocenters. The predicted molar refractivity (Wildman–Crippen MR) is 87.6 cm³/mol. The number of phenols is 2. The van der Waals surface area contributed by atoms with Crippen LogP contribution in [-0.2, 0) is 0 Å². The summed E-state index contributed by atoms with van der Waals surface area (Å²) < 4.78 is 14.9. The molecular formula is C18H12FN3O2. The van der Waals surface area contributed by atoms with Gasteiger partial charge in [0.1, 0.15) is 5.75 Å². The first-order valence-electron chi connectivity index (χ1n) is 7.24. The van der Waals surface area contributed by atoms with E-state index in [1.54, 1.807) is 36.5 Å². The van der Waals surface area contributed by atoms with Gasteiger partial charge in [0.25, 0.3) is 0 Å². The number of rotatable bonds is 2. The molecule has 24 heavy (non-hydrogen) atoms. The Morgan fingerprint density at radius 1 is 0.875 bits per heavy atom. The topological polar surface area (TPSA) is 71.2 Å². The number of fused-ring (bicyclic) bond motifs is 1. The number of pyridine rings is 1. The zero-order valence-electron chi connectivity index (χ0n) is 12.4. The molecule has 0 fully saturated rings. The van der Waals surface area contributed by atoms with Crippen molar-refractivity contribution in [1.82, 2.24) is 14.8 Å². The standard InChI is InChI=1S/C18H12FN3O2/c19-15-7-13-10-21-22(16(13)8-17(15)24)18-6-3-12(9-20-18)11-1-4-14(23)5-2-11/h1-10,23-24H. The van der Waals surface area contributed by atoms with Crippen LogP contribution in [0.25, 0.3) is 27.8 Å². The molecule has 0 aliphatic heterocycles. The molecule has 118 valence electrons. The van der Waals surface area contributed by atoms with E-state index in [1.165, 1.54) is 23.0 Å². The van der Waals surface area contributed by atoms with Crippen molar-refractivity contribution in [1.29, 1.82) is 0 Å². The molecule has 0 spiro atoms. The van der Waals surface area contributed by atoms with Gasteiger partial charge in [-0.2, -0.15) is 5.10 Å². The fourth-order valence-electron chi connectivity index (χ4n) is 2.55. The monoisotopic (exact) mass is 321 g/mol. The fraction of sp³-hybridized carbons (Fsp3) is 0. The lowest BCUT2D eigenvalue weighted by atomic mass is 10.1. The first kappa shape index (κ1) is 14.2. The van der Waals surface area contributed by atoms with Crippen LogP contribution >= 0.6 is 0 Å². The lowest BCUT2D eigenvalue weighted by molar-refractivity contribution is 0.433. The van der Waals surface area contributed by atoms with Gasteiger partial charge in [0.2, 0.25) is 0 Å². The molecule has 0 aliphatic carbocycles. The smallest absolute Gasteiger partial charge is 0.165 e. The molecule has 6 heteroatoms. The van der Waals surface area contributed by atoms with Crippen LogP contribution in [0.2, 0.25) is 0 Å². The number of aromatic nitrogens is 3. The molecule has 0 bridgehead atoms. The first-order chi connectivity index (χ1) is 11.6. The highest BCUT2D eigenvalue weighted by Crippen LogP contribution is 2.26. The SMILES string of the molecule is Oc1ccc(-c2ccc(-n3ncc4cc(F)c(O)cc43)nc2)cc1. The van der Waals surface area contributed by atoms with E-state index in [0.717, 1.165) is 11.1 Å². The zero-order chi connectivity index (χ0) is 16.7. The number of nitrogens with zero attached hydrogens (tertiary/aromatic N) is 3. The number of aromatic hydroxyl groups is 2. The van der Waals surface area contributed by atoms with E-state index in [0.29, 0.717) is 16.7 Å². The van der Waals surface area contributed by atoms with Gasteiger partial charge >= 0.3 is 0 Å². The van der Waals surface area contributed by atoms with E-state index in [-0.39, 0.29) is 5.75 Å². The van der Waals surface area contributed by atoms with Crippen molar-refractivity contribution in [2.45, 2.75) is 0 Å². The van der Waals surface area contributed by atoms with E-state index < -0.39 is 11.6 Å². The Morgan fingerprint density at radius 3 is 2.33 bits per heavy atom. The Kier molecular flexibility index (Phi) is 3.16. The summed E-state index contributed by atoms with van der Waals surface area (Å²) in [6.07, 6.45) is 3.21. The average Bonchev–Trinajstić information content (AvgIpc) is 2.99. The molecule has 0 aliphatic rings. The second-order valence-corrected chi connectivity index (χ2v) is 5.37. The van der Waals surface area contributed by atoms with Gasteiger partial charge < -0.3 is 10.2 Å². The molecular weight excluding hydrogens is 309 g/mol. The summed E-state index contributed by atoms with van der Waals surface area (Å²) in [5.74, 6) is -0.348. The molecule has 2 aromatic heterocycles. The highest BCUT2D eigenvalue weighted by atomic mass is 19.1. The number of phenolic OH excluding ortho intramolecular Hbond substituents is 2. The van der Waals surface area contributed by atoms with Crippen LogP contribution in [0.4, 0.5) is 4.39 Å². The number of hydrogen-bond acceptors (Lipinski definition) is 4. The molecule has 4 rings (SSSR count). The Labute approximate surface area is 136 Å². The van der Waals surface area contributed by atoms with Crippen LogP contribution in [0.15, 0.2) is 60.9 Å². The number of benzene rings is 2. The van der Waals surface area contributed by atoms with E-state index in [9.17, 15) is 14.6 Å². The predicted octanol–water partition coefficient (Wildman–Crippen LogP) is 3.64. The molecule has 5 nitrogen and oxygen atoms in total. The quantitative estimate of drug-likeness (QED) is 0.591. The number of hydrogen-bond donors (Lipinski definition) is 2. The molecule has 0 radical (unpaired) electrons. The van der Waals surface area contributed by atoms with Crippen molar-refractivity contribution in [3.63, 3.8) is 0 Å². The van der Waals surface area contributed by atoms with E-state index >= 15 is 0 Å². The Morgan fingerprint density at radius 2 is 1.62 bits per heavy atom. The van der Waals surface area contributed by atoms with E-state index in [1.807, 2.05) is 6.07 Å². The molecule has 4 aromatic rings. The molecule has 0 saturated carbocycles. The van der Waals surface area contributed by atoms with Crippen LogP contribution in [0, 0.1) is 5.82 Å². The van der Waals surface area contributed by atoms with Crippen LogP contribution in [0.1, 0.15) is 0 Å². The minimum absolute atomic E-state index is 0.207. The third-order valence-corrected chi connectivity index (χ3v) is 3.80. The Bertz CT molecular complexity index is 1020. The maximum atomic E-state index is 13.4. The van der Waals surface area contributed by atoms with Gasteiger partial charge in [-0.25, -0.2) is 14.1 Å². The summed E-state index contributed by atoms with van der Waals surface area (Å²) in [7, 11) is 0. The highest BCUT2D eigenvalue weighted by Gasteiger charge is 2.10. The van der Waals surface area contributed by atoms with Gasteiger partial charge in [0, 0.05) is 23.2 Å². The van der Waals surface area contributed by atoms with Crippen LogP contribution < -0.4 is 0 Å². The molecule has 0 saturated heterocycles. The van der Waals surface area contributed by atoms with E-state index in [2.05, 4.69) is 10.1 Å². The zero-order valence-corrected chi connectivity index (χ0v) is 12.4. The van der Waals surface area contributed by atoms with E-state index in [4.69, 9.17) is 0 Å². The summed E-state index contributed by atoms with van der Waals surface area (Å²) >= 11 is 0. The van der Waals surface area contributed by atoms with Gasteiger partial charge in [-0.3, -0.25) is 0 Å². The fourth-order valence-corrected chi connectivity index (χ4v) is 2.55. The maximum Gasteiger partial charge on any atom is 0.165 e. The average molecular weight is 321 g/mol. The summed E-state index contributed by atoms with van der Waals surface area (Å²) in [4.78, 5) is 4.38.